The molecule has 0 amide bonds. The van der Waals surface area contributed by atoms with Gasteiger partial charge in [0.1, 0.15) is 11.5 Å². The Morgan fingerprint density at radius 1 is 0.650 bits per heavy atom. The SMILES string of the molecule is COc1ccc(/C(I)=C(/I)c2ccc(OC)cc2)cc1. The number of rotatable bonds is 4. The molecule has 0 unspecified atom stereocenters. The molecule has 0 bridgehead atoms. The summed E-state index contributed by atoms with van der Waals surface area (Å²) in [5, 5.41) is 0. The summed E-state index contributed by atoms with van der Waals surface area (Å²) in [6.07, 6.45) is 0. The van der Waals surface area contributed by atoms with Gasteiger partial charge in [-0.05, 0) is 80.6 Å². The third-order valence-electron chi connectivity index (χ3n) is 2.88. The van der Waals surface area contributed by atoms with Crippen LogP contribution in [0.5, 0.6) is 11.5 Å². The van der Waals surface area contributed by atoms with Gasteiger partial charge >= 0.3 is 0 Å². The first-order chi connectivity index (χ1) is 9.65. The fraction of sp³-hybridized carbons (Fsp3) is 0.125. The maximum Gasteiger partial charge on any atom is 0.118 e. The zero-order valence-electron chi connectivity index (χ0n) is 11.2. The van der Waals surface area contributed by atoms with Crippen molar-refractivity contribution in [3.8, 4) is 11.5 Å². The van der Waals surface area contributed by atoms with Gasteiger partial charge in [0.25, 0.3) is 0 Å². The van der Waals surface area contributed by atoms with E-state index >= 15 is 0 Å². The van der Waals surface area contributed by atoms with Gasteiger partial charge in [-0.1, -0.05) is 24.3 Å². The molecule has 104 valence electrons. The second kappa shape index (κ2) is 7.31. The van der Waals surface area contributed by atoms with Gasteiger partial charge in [0, 0.05) is 7.16 Å². The zero-order chi connectivity index (χ0) is 14.5. The van der Waals surface area contributed by atoms with Crippen LogP contribution >= 0.6 is 45.2 Å². The van der Waals surface area contributed by atoms with Crippen molar-refractivity contribution in [3.05, 3.63) is 59.7 Å². The third-order valence-corrected chi connectivity index (χ3v) is 6.24. The molecule has 0 N–H and O–H groups in total. The molecule has 0 heterocycles. The predicted molar refractivity (Wildman–Crippen MR) is 101 cm³/mol. The van der Waals surface area contributed by atoms with E-state index in [4.69, 9.17) is 9.47 Å². The molecular formula is C16H14I2O2. The molecule has 0 aliphatic rings. The minimum atomic E-state index is 0.873. The van der Waals surface area contributed by atoms with Crippen LogP contribution in [0.15, 0.2) is 48.5 Å². The molecule has 4 heteroatoms. The first kappa shape index (κ1) is 15.6. The molecule has 0 spiro atoms. The van der Waals surface area contributed by atoms with Gasteiger partial charge in [0.05, 0.1) is 14.2 Å². The summed E-state index contributed by atoms with van der Waals surface area (Å²) >= 11 is 4.76. The van der Waals surface area contributed by atoms with Crippen LogP contribution in [0.25, 0.3) is 7.16 Å². The molecule has 0 atom stereocenters. The van der Waals surface area contributed by atoms with Gasteiger partial charge in [-0.2, -0.15) is 0 Å². The Labute approximate surface area is 146 Å². The number of halogens is 2. The highest BCUT2D eigenvalue weighted by atomic mass is 127. The first-order valence-electron chi connectivity index (χ1n) is 6.00. The normalized spacial score (nSPS) is 11.8. The summed E-state index contributed by atoms with van der Waals surface area (Å²) in [5.74, 6) is 1.75. The average molecular weight is 492 g/mol. The van der Waals surface area contributed by atoms with Gasteiger partial charge < -0.3 is 9.47 Å². The van der Waals surface area contributed by atoms with Crippen LogP contribution in [0.2, 0.25) is 0 Å². The summed E-state index contributed by atoms with van der Waals surface area (Å²) in [7, 11) is 3.36. The molecule has 2 aromatic rings. The van der Waals surface area contributed by atoms with E-state index < -0.39 is 0 Å². The Morgan fingerprint density at radius 2 is 0.950 bits per heavy atom. The van der Waals surface area contributed by atoms with Gasteiger partial charge in [-0.15, -0.1) is 0 Å². The lowest BCUT2D eigenvalue weighted by atomic mass is 10.1. The molecule has 0 aliphatic heterocycles. The summed E-state index contributed by atoms with van der Waals surface area (Å²) < 4.78 is 12.8. The molecule has 0 saturated carbocycles. The van der Waals surface area contributed by atoms with Gasteiger partial charge in [0.15, 0.2) is 0 Å². The second-order valence-electron chi connectivity index (χ2n) is 4.08. The minimum absolute atomic E-state index is 0.873. The topological polar surface area (TPSA) is 18.5 Å². The molecule has 2 aromatic carbocycles. The molecule has 2 rings (SSSR count). The van der Waals surface area contributed by atoms with Crippen molar-refractivity contribution < 1.29 is 9.47 Å². The van der Waals surface area contributed by atoms with Crippen LogP contribution in [-0.4, -0.2) is 14.2 Å². The Hall–Kier alpha value is -0.760. The molecule has 2 nitrogen and oxygen atoms in total. The molecule has 0 saturated heterocycles. The highest BCUT2D eigenvalue weighted by Crippen LogP contribution is 2.37. The number of methoxy groups -OCH3 is 2. The van der Waals surface area contributed by atoms with Crippen molar-refractivity contribution in [2.45, 2.75) is 0 Å². The van der Waals surface area contributed by atoms with E-state index in [1.165, 1.54) is 18.3 Å². The van der Waals surface area contributed by atoms with E-state index in [-0.39, 0.29) is 0 Å². The van der Waals surface area contributed by atoms with Crippen LogP contribution < -0.4 is 9.47 Å². The van der Waals surface area contributed by atoms with Crippen LogP contribution in [0, 0.1) is 0 Å². The Morgan fingerprint density at radius 3 is 1.20 bits per heavy atom. The summed E-state index contributed by atoms with van der Waals surface area (Å²) in [5.41, 5.74) is 2.37. The fourth-order valence-electron chi connectivity index (χ4n) is 1.73. The van der Waals surface area contributed by atoms with Crippen molar-refractivity contribution >= 4 is 52.3 Å². The lowest BCUT2D eigenvalue weighted by molar-refractivity contribution is 0.414. The molecule has 0 radical (unpaired) electrons. The molecule has 0 fully saturated rings. The van der Waals surface area contributed by atoms with Crippen LogP contribution in [0.3, 0.4) is 0 Å². The largest absolute Gasteiger partial charge is 0.497 e. The molecule has 20 heavy (non-hydrogen) atoms. The molecule has 0 aliphatic carbocycles. The van der Waals surface area contributed by atoms with Gasteiger partial charge in [-0.3, -0.25) is 0 Å². The minimum Gasteiger partial charge on any atom is -0.497 e. The maximum absolute atomic E-state index is 5.19. The van der Waals surface area contributed by atoms with Crippen LogP contribution in [0.4, 0.5) is 0 Å². The second-order valence-corrected chi connectivity index (χ2v) is 6.24. The van der Waals surface area contributed by atoms with E-state index in [9.17, 15) is 0 Å². The third kappa shape index (κ3) is 3.66. The van der Waals surface area contributed by atoms with E-state index in [0.29, 0.717) is 0 Å². The first-order valence-corrected chi connectivity index (χ1v) is 8.15. The van der Waals surface area contributed by atoms with Crippen molar-refractivity contribution in [2.75, 3.05) is 14.2 Å². The lowest BCUT2D eigenvalue weighted by Crippen LogP contribution is -1.86. The van der Waals surface area contributed by atoms with E-state index in [0.717, 1.165) is 11.5 Å². The predicted octanol–water partition coefficient (Wildman–Crippen LogP) is 5.40. The van der Waals surface area contributed by atoms with Crippen molar-refractivity contribution in [2.24, 2.45) is 0 Å². The average Bonchev–Trinajstić information content (AvgIpc) is 2.53. The quantitative estimate of drug-likeness (QED) is 0.421. The smallest absolute Gasteiger partial charge is 0.118 e. The number of benzene rings is 2. The van der Waals surface area contributed by atoms with E-state index in [1.54, 1.807) is 14.2 Å². The van der Waals surface area contributed by atoms with Gasteiger partial charge in [-0.25, -0.2) is 0 Å². The highest BCUT2D eigenvalue weighted by Gasteiger charge is 2.07. The summed E-state index contributed by atoms with van der Waals surface area (Å²) in [6, 6.07) is 16.2. The van der Waals surface area contributed by atoms with Crippen molar-refractivity contribution in [1.29, 1.82) is 0 Å². The highest BCUT2D eigenvalue weighted by molar-refractivity contribution is 14.1. The summed E-state index contributed by atoms with van der Waals surface area (Å²) in [6.45, 7) is 0. The molecular weight excluding hydrogens is 478 g/mol. The Bertz CT molecular complexity index is 546. The molecule has 0 aromatic heterocycles. The number of hydrogen-bond donors (Lipinski definition) is 0. The lowest BCUT2D eigenvalue weighted by Gasteiger charge is -2.07. The van der Waals surface area contributed by atoms with E-state index in [1.807, 2.05) is 24.3 Å². The zero-order valence-corrected chi connectivity index (χ0v) is 15.5. The standard InChI is InChI=1S/C16H14I2O2/c1-19-13-7-3-11(4-8-13)15(17)16(18)12-5-9-14(20-2)10-6-12/h3-10H,1-2H3/b16-15-. The van der Waals surface area contributed by atoms with E-state index in [2.05, 4.69) is 69.4 Å². The van der Waals surface area contributed by atoms with Crippen LogP contribution in [-0.2, 0) is 0 Å². The maximum atomic E-state index is 5.19. The van der Waals surface area contributed by atoms with Crippen molar-refractivity contribution in [1.82, 2.24) is 0 Å². The van der Waals surface area contributed by atoms with Crippen molar-refractivity contribution in [3.63, 3.8) is 0 Å². The Kier molecular flexibility index (Phi) is 5.71. The Balaban J connectivity index is 2.32. The fourth-order valence-corrected chi connectivity index (χ4v) is 3.07. The number of ether oxygens (including phenoxy) is 2. The monoisotopic (exact) mass is 492 g/mol. The number of hydrogen-bond acceptors (Lipinski definition) is 2. The van der Waals surface area contributed by atoms with Crippen LogP contribution in [0.1, 0.15) is 11.1 Å². The summed E-state index contributed by atoms with van der Waals surface area (Å²) in [4.78, 5) is 0. The van der Waals surface area contributed by atoms with Gasteiger partial charge in [0.2, 0.25) is 0 Å².